The lowest BCUT2D eigenvalue weighted by Crippen LogP contribution is -2.55. The molecule has 2 aliphatic rings. The minimum Gasteiger partial charge on any atom is -0.370 e. The highest BCUT2D eigenvalue weighted by Crippen LogP contribution is 2.32. The summed E-state index contributed by atoms with van der Waals surface area (Å²) < 4.78 is 14.1. The summed E-state index contributed by atoms with van der Waals surface area (Å²) in [4.78, 5) is 13.3. The number of morpholine rings is 1. The molecule has 0 saturated carbocycles. The zero-order valence-electron chi connectivity index (χ0n) is 18.3. The van der Waals surface area contributed by atoms with Gasteiger partial charge in [0.05, 0.1) is 24.7 Å². The number of halogens is 1. The molecule has 4 heterocycles. The summed E-state index contributed by atoms with van der Waals surface area (Å²) in [7, 11) is 0. The van der Waals surface area contributed by atoms with E-state index in [9.17, 15) is 5.26 Å². The first-order chi connectivity index (χ1) is 15.5. The van der Waals surface area contributed by atoms with Crippen molar-refractivity contribution in [3.63, 3.8) is 0 Å². The third kappa shape index (κ3) is 4.09. The SMILES string of the molecule is [2H]c1ccc2c(N3C[C@H](CN4CC(c5ccc(Cl)nc5)C4)O[C@H](C)C3)ccc(C#N)c2n1. The van der Waals surface area contributed by atoms with Crippen LogP contribution in [0.15, 0.2) is 48.8 Å². The molecule has 2 atom stereocenters. The number of nitriles is 1. The van der Waals surface area contributed by atoms with E-state index in [4.69, 9.17) is 17.7 Å². The van der Waals surface area contributed by atoms with Gasteiger partial charge in [0, 0.05) is 62.1 Å². The van der Waals surface area contributed by atoms with Crippen molar-refractivity contribution in [2.75, 3.05) is 37.6 Å². The van der Waals surface area contributed by atoms with Crippen molar-refractivity contribution in [1.82, 2.24) is 14.9 Å². The van der Waals surface area contributed by atoms with Crippen molar-refractivity contribution in [2.24, 2.45) is 0 Å². The molecule has 2 fully saturated rings. The Hall–Kier alpha value is -2.72. The van der Waals surface area contributed by atoms with Crippen molar-refractivity contribution >= 4 is 28.2 Å². The van der Waals surface area contributed by atoms with Crippen LogP contribution in [0.5, 0.6) is 0 Å². The molecule has 0 aliphatic carbocycles. The van der Waals surface area contributed by atoms with Gasteiger partial charge in [-0.1, -0.05) is 17.7 Å². The minimum absolute atomic E-state index is 0.0946. The molecule has 1 aromatic carbocycles. The summed E-state index contributed by atoms with van der Waals surface area (Å²) in [5.74, 6) is 0.490. The van der Waals surface area contributed by atoms with Crippen LogP contribution in [0, 0.1) is 11.3 Å². The number of anilines is 1. The first kappa shape index (κ1) is 19.0. The molecular formula is C24H24ClN5O. The summed E-state index contributed by atoms with van der Waals surface area (Å²) >= 11 is 5.90. The second kappa shape index (κ2) is 8.43. The van der Waals surface area contributed by atoms with E-state index < -0.39 is 0 Å². The van der Waals surface area contributed by atoms with Crippen LogP contribution in [-0.4, -0.2) is 59.8 Å². The molecular weight excluding hydrogens is 410 g/mol. The Morgan fingerprint density at radius 3 is 2.84 bits per heavy atom. The molecule has 6 nitrogen and oxygen atoms in total. The number of benzene rings is 1. The van der Waals surface area contributed by atoms with Gasteiger partial charge in [0.2, 0.25) is 0 Å². The summed E-state index contributed by atoms with van der Waals surface area (Å²) in [6.07, 6.45) is 2.23. The number of hydrogen-bond acceptors (Lipinski definition) is 6. The van der Waals surface area contributed by atoms with Crippen molar-refractivity contribution in [2.45, 2.75) is 25.0 Å². The molecule has 0 N–H and O–H groups in total. The van der Waals surface area contributed by atoms with Gasteiger partial charge < -0.3 is 9.64 Å². The van der Waals surface area contributed by atoms with Crippen molar-refractivity contribution in [3.8, 4) is 6.07 Å². The topological polar surface area (TPSA) is 65.3 Å². The molecule has 0 amide bonds. The highest BCUT2D eigenvalue weighted by molar-refractivity contribution is 6.29. The molecule has 7 heteroatoms. The van der Waals surface area contributed by atoms with Crippen molar-refractivity contribution in [3.05, 3.63) is 65.0 Å². The fourth-order valence-corrected chi connectivity index (χ4v) is 4.77. The van der Waals surface area contributed by atoms with Gasteiger partial charge in [0.1, 0.15) is 11.2 Å². The molecule has 3 aromatic rings. The number of nitrogens with zero attached hydrogens (tertiary/aromatic N) is 5. The average molecular weight is 435 g/mol. The van der Waals surface area contributed by atoms with Gasteiger partial charge >= 0.3 is 0 Å². The van der Waals surface area contributed by atoms with Crippen LogP contribution in [0.3, 0.4) is 0 Å². The Morgan fingerprint density at radius 2 is 2.06 bits per heavy atom. The van der Waals surface area contributed by atoms with Crippen LogP contribution in [0.1, 0.15) is 25.3 Å². The molecule has 5 rings (SSSR count). The molecule has 158 valence electrons. The van der Waals surface area contributed by atoms with Crippen LogP contribution in [0.4, 0.5) is 5.69 Å². The standard InChI is InChI=1S/C24H24ClN5O/c1-16-11-30(22-6-4-17(9-26)24-21(22)3-2-8-27-24)15-20(31-16)14-29-12-19(13-29)18-5-7-23(25)28-10-18/h2-8,10,16,19-20H,11-15H2,1H3/t16-,20+/m1/s1/i8D. The Labute approximate surface area is 188 Å². The van der Waals surface area contributed by atoms with Crippen molar-refractivity contribution in [1.29, 1.82) is 5.26 Å². The van der Waals surface area contributed by atoms with Gasteiger partial charge in [0.25, 0.3) is 0 Å². The molecule has 0 unspecified atom stereocenters. The summed E-state index contributed by atoms with van der Waals surface area (Å²) in [5.41, 5.74) is 3.37. The lowest BCUT2D eigenvalue weighted by atomic mass is 9.92. The molecule has 0 radical (unpaired) electrons. The highest BCUT2D eigenvalue weighted by atomic mass is 35.5. The largest absolute Gasteiger partial charge is 0.370 e. The zero-order chi connectivity index (χ0) is 22.2. The number of pyridine rings is 2. The van der Waals surface area contributed by atoms with Crippen LogP contribution < -0.4 is 4.90 Å². The van der Waals surface area contributed by atoms with Gasteiger partial charge in [0.15, 0.2) is 0 Å². The molecule has 2 aromatic heterocycles. The zero-order valence-corrected chi connectivity index (χ0v) is 18.1. The summed E-state index contributed by atoms with van der Waals surface area (Å²) in [5, 5.41) is 10.9. The second-order valence-corrected chi connectivity index (χ2v) is 8.77. The third-order valence-corrected chi connectivity index (χ3v) is 6.35. The lowest BCUT2D eigenvalue weighted by Gasteiger charge is -2.45. The first-order valence-corrected chi connectivity index (χ1v) is 10.9. The Bertz CT molecular complexity index is 1180. The Balaban J connectivity index is 1.29. The second-order valence-electron chi connectivity index (χ2n) is 8.38. The highest BCUT2D eigenvalue weighted by Gasteiger charge is 2.33. The van der Waals surface area contributed by atoms with Gasteiger partial charge in [-0.2, -0.15) is 5.26 Å². The number of likely N-dealkylation sites (tertiary alicyclic amines) is 1. The number of aromatic nitrogens is 2. The normalized spacial score (nSPS) is 22.7. The fraction of sp³-hybridized carbons (Fsp3) is 0.375. The quantitative estimate of drug-likeness (QED) is 0.581. The minimum atomic E-state index is 0.0946. The maximum Gasteiger partial charge on any atom is 0.129 e. The molecule has 31 heavy (non-hydrogen) atoms. The number of fused-ring (bicyclic) bond motifs is 1. The number of rotatable bonds is 4. The molecule has 0 spiro atoms. The Morgan fingerprint density at radius 1 is 1.19 bits per heavy atom. The van der Waals surface area contributed by atoms with Gasteiger partial charge in [-0.05, 0) is 42.8 Å². The van der Waals surface area contributed by atoms with Crippen LogP contribution in [0.2, 0.25) is 5.15 Å². The maximum absolute atomic E-state index is 9.46. The first-order valence-electron chi connectivity index (χ1n) is 11.0. The third-order valence-electron chi connectivity index (χ3n) is 6.12. The van der Waals surface area contributed by atoms with Gasteiger partial charge in [-0.3, -0.25) is 9.88 Å². The monoisotopic (exact) mass is 434 g/mol. The number of ether oxygens (including phenoxy) is 1. The average Bonchev–Trinajstić information content (AvgIpc) is 2.75. The van der Waals surface area contributed by atoms with E-state index in [-0.39, 0.29) is 18.4 Å². The maximum atomic E-state index is 9.46. The van der Waals surface area contributed by atoms with Crippen LogP contribution >= 0.6 is 11.6 Å². The molecule has 2 saturated heterocycles. The van der Waals surface area contributed by atoms with Gasteiger partial charge in [-0.25, -0.2) is 4.98 Å². The van der Waals surface area contributed by atoms with Crippen LogP contribution in [0.25, 0.3) is 10.9 Å². The molecule has 2 aliphatic heterocycles. The molecule has 0 bridgehead atoms. The van der Waals surface area contributed by atoms with E-state index in [1.165, 1.54) is 5.56 Å². The Kier molecular flexibility index (Phi) is 5.17. The van der Waals surface area contributed by atoms with E-state index in [0.717, 1.165) is 43.8 Å². The predicted molar refractivity (Wildman–Crippen MR) is 121 cm³/mol. The summed E-state index contributed by atoms with van der Waals surface area (Å²) in [6.45, 7) is 6.52. The van der Waals surface area contributed by atoms with E-state index in [1.54, 1.807) is 12.1 Å². The fourth-order valence-electron chi connectivity index (χ4n) is 4.66. The summed E-state index contributed by atoms with van der Waals surface area (Å²) in [6, 6.07) is 13.5. The van der Waals surface area contributed by atoms with E-state index >= 15 is 0 Å². The van der Waals surface area contributed by atoms with Crippen molar-refractivity contribution < 1.29 is 6.11 Å². The number of hydrogen-bond donors (Lipinski definition) is 0. The predicted octanol–water partition coefficient (Wildman–Crippen LogP) is 3.85. The van der Waals surface area contributed by atoms with Crippen LogP contribution in [-0.2, 0) is 4.74 Å². The van der Waals surface area contributed by atoms with Gasteiger partial charge in [-0.15, -0.1) is 0 Å². The van der Waals surface area contributed by atoms with E-state index in [0.29, 0.717) is 22.2 Å². The smallest absolute Gasteiger partial charge is 0.129 e. The van der Waals surface area contributed by atoms with E-state index in [2.05, 4.69) is 38.8 Å². The lowest BCUT2D eigenvalue weighted by molar-refractivity contribution is -0.0435. The van der Waals surface area contributed by atoms with E-state index in [1.807, 2.05) is 24.4 Å².